The highest BCUT2D eigenvalue weighted by molar-refractivity contribution is 7.10. The minimum atomic E-state index is -0.475. The molecule has 0 aromatic carbocycles. The molecule has 1 aliphatic carbocycles. The van der Waals surface area contributed by atoms with Crippen LogP contribution < -0.4 is 0 Å². The van der Waals surface area contributed by atoms with E-state index in [2.05, 4.69) is 0 Å². The van der Waals surface area contributed by atoms with Crippen molar-refractivity contribution in [3.8, 4) is 0 Å². The van der Waals surface area contributed by atoms with E-state index >= 15 is 0 Å². The van der Waals surface area contributed by atoms with Crippen LogP contribution in [0.2, 0.25) is 0 Å². The van der Waals surface area contributed by atoms with E-state index in [1.165, 1.54) is 0 Å². The Morgan fingerprint density at radius 1 is 1.57 bits per heavy atom. The molecular formula is C10H9BClOS. The highest BCUT2D eigenvalue weighted by atomic mass is 35.5. The molecule has 0 bridgehead atoms. The summed E-state index contributed by atoms with van der Waals surface area (Å²) < 4.78 is 0. The van der Waals surface area contributed by atoms with Gasteiger partial charge in [0.15, 0.2) is 0 Å². The Morgan fingerprint density at radius 3 is 3.07 bits per heavy atom. The Labute approximate surface area is 93.0 Å². The van der Waals surface area contributed by atoms with Gasteiger partial charge in [-0.05, 0) is 17.9 Å². The van der Waals surface area contributed by atoms with Crippen LogP contribution in [-0.2, 0) is 4.87 Å². The predicted molar refractivity (Wildman–Crippen MR) is 61.7 cm³/mol. The van der Waals surface area contributed by atoms with Gasteiger partial charge in [-0.3, -0.25) is 0 Å². The van der Waals surface area contributed by atoms with Gasteiger partial charge in [-0.25, -0.2) is 0 Å². The van der Waals surface area contributed by atoms with E-state index in [-0.39, 0.29) is 0 Å². The molecule has 0 saturated carbocycles. The maximum absolute atomic E-state index is 8.94. The fourth-order valence-electron chi connectivity index (χ4n) is 1.51. The van der Waals surface area contributed by atoms with Crippen LogP contribution in [0.15, 0.2) is 41.2 Å². The Balaban J connectivity index is 2.28. The SMILES string of the molecule is O[B]C1=CC=CC(Cl)(c2cccs2)C1. The highest BCUT2D eigenvalue weighted by Crippen LogP contribution is 2.41. The highest BCUT2D eigenvalue weighted by Gasteiger charge is 2.30. The largest absolute Gasteiger partial charge is 0.450 e. The van der Waals surface area contributed by atoms with E-state index in [1.807, 2.05) is 35.7 Å². The number of rotatable bonds is 2. The summed E-state index contributed by atoms with van der Waals surface area (Å²) >= 11 is 8.10. The minimum Gasteiger partial charge on any atom is -0.450 e. The van der Waals surface area contributed by atoms with Crippen LogP contribution in [0.4, 0.5) is 0 Å². The normalized spacial score (nSPS) is 26.0. The second kappa shape index (κ2) is 3.93. The van der Waals surface area contributed by atoms with Gasteiger partial charge in [0.25, 0.3) is 0 Å². The summed E-state index contributed by atoms with van der Waals surface area (Å²) in [7, 11) is 1.12. The van der Waals surface area contributed by atoms with Crippen LogP contribution in [0.1, 0.15) is 11.3 Å². The second-order valence-electron chi connectivity index (χ2n) is 3.25. The number of allylic oxidation sites excluding steroid dienone is 4. The van der Waals surface area contributed by atoms with E-state index < -0.39 is 4.87 Å². The van der Waals surface area contributed by atoms with Gasteiger partial charge >= 0.3 is 7.48 Å². The monoisotopic (exact) mass is 223 g/mol. The molecule has 0 aliphatic heterocycles. The second-order valence-corrected chi connectivity index (χ2v) is 4.87. The average molecular weight is 224 g/mol. The first-order valence-corrected chi connectivity index (χ1v) is 5.59. The number of hydrogen-bond acceptors (Lipinski definition) is 2. The number of hydrogen-bond donors (Lipinski definition) is 1. The van der Waals surface area contributed by atoms with E-state index in [0.717, 1.165) is 17.8 Å². The molecule has 1 aromatic heterocycles. The lowest BCUT2D eigenvalue weighted by atomic mass is 9.77. The lowest BCUT2D eigenvalue weighted by molar-refractivity contribution is 0.602. The van der Waals surface area contributed by atoms with Crippen LogP contribution >= 0.6 is 22.9 Å². The van der Waals surface area contributed by atoms with Crippen molar-refractivity contribution in [3.05, 3.63) is 46.1 Å². The van der Waals surface area contributed by atoms with Crippen LogP contribution in [0.25, 0.3) is 0 Å². The third-order valence-corrected chi connectivity index (χ3v) is 3.85. The summed E-state index contributed by atoms with van der Waals surface area (Å²) in [6.07, 6.45) is 6.36. The maximum Gasteiger partial charge on any atom is 0.322 e. The van der Waals surface area contributed by atoms with Gasteiger partial charge < -0.3 is 5.02 Å². The van der Waals surface area contributed by atoms with Gasteiger partial charge in [0.2, 0.25) is 0 Å². The van der Waals surface area contributed by atoms with Crippen molar-refractivity contribution in [2.24, 2.45) is 0 Å². The van der Waals surface area contributed by atoms with Crippen molar-refractivity contribution in [2.75, 3.05) is 0 Å². The third-order valence-electron chi connectivity index (χ3n) is 2.23. The van der Waals surface area contributed by atoms with E-state index in [0.29, 0.717) is 6.42 Å². The number of halogens is 1. The van der Waals surface area contributed by atoms with E-state index in [9.17, 15) is 0 Å². The summed E-state index contributed by atoms with van der Waals surface area (Å²) in [5, 5.41) is 10.9. The minimum absolute atomic E-state index is 0.475. The maximum atomic E-state index is 8.94. The van der Waals surface area contributed by atoms with E-state index in [4.69, 9.17) is 16.6 Å². The molecule has 2 rings (SSSR count). The van der Waals surface area contributed by atoms with Crippen molar-refractivity contribution in [1.82, 2.24) is 0 Å². The molecule has 1 aliphatic rings. The molecule has 14 heavy (non-hydrogen) atoms. The van der Waals surface area contributed by atoms with E-state index in [1.54, 1.807) is 11.3 Å². The zero-order valence-corrected chi connectivity index (χ0v) is 9.05. The molecular weight excluding hydrogens is 214 g/mol. The molecule has 1 radical (unpaired) electrons. The molecule has 71 valence electrons. The summed E-state index contributed by atoms with van der Waals surface area (Å²) in [5.74, 6) is 0. The number of alkyl halides is 1. The molecule has 1 N–H and O–H groups in total. The smallest absolute Gasteiger partial charge is 0.322 e. The molecule has 0 amide bonds. The average Bonchev–Trinajstić information content (AvgIpc) is 2.71. The van der Waals surface area contributed by atoms with Crippen molar-refractivity contribution >= 4 is 30.4 Å². The van der Waals surface area contributed by atoms with Crippen molar-refractivity contribution in [3.63, 3.8) is 0 Å². The van der Waals surface area contributed by atoms with Gasteiger partial charge in [-0.2, -0.15) is 0 Å². The Kier molecular flexibility index (Phi) is 2.82. The summed E-state index contributed by atoms with van der Waals surface area (Å²) in [5.41, 5.74) is 0.857. The predicted octanol–water partition coefficient (Wildman–Crippen LogP) is 2.64. The zero-order valence-electron chi connectivity index (χ0n) is 7.48. The number of thiophene rings is 1. The van der Waals surface area contributed by atoms with Crippen molar-refractivity contribution < 1.29 is 5.02 Å². The van der Waals surface area contributed by atoms with Crippen molar-refractivity contribution in [1.29, 1.82) is 0 Å². The zero-order chi connectivity index (χ0) is 10.0. The Hall–Kier alpha value is -0.505. The fraction of sp³-hybridized carbons (Fsp3) is 0.200. The summed E-state index contributed by atoms with van der Waals surface area (Å²) in [4.78, 5) is 0.639. The van der Waals surface area contributed by atoms with Crippen LogP contribution in [-0.4, -0.2) is 12.5 Å². The summed E-state index contributed by atoms with van der Waals surface area (Å²) in [6.45, 7) is 0. The van der Waals surface area contributed by atoms with Crippen molar-refractivity contribution in [2.45, 2.75) is 11.3 Å². The van der Waals surface area contributed by atoms with Gasteiger partial charge in [-0.1, -0.05) is 29.8 Å². The lowest BCUT2D eigenvalue weighted by Gasteiger charge is -2.25. The molecule has 1 unspecified atom stereocenters. The first kappa shape index (κ1) is 10.0. The van der Waals surface area contributed by atoms with Gasteiger partial charge in [0, 0.05) is 4.88 Å². The third kappa shape index (κ3) is 1.80. The molecule has 1 atom stereocenters. The quantitative estimate of drug-likeness (QED) is 0.604. The molecule has 4 heteroatoms. The molecule has 1 aromatic rings. The molecule has 0 fully saturated rings. The first-order chi connectivity index (χ1) is 6.74. The topological polar surface area (TPSA) is 20.2 Å². The molecule has 1 heterocycles. The van der Waals surface area contributed by atoms with Crippen LogP contribution in [0.5, 0.6) is 0 Å². The standard InChI is InChI=1S/C10H9BClOS/c12-10(9-4-2-6-14-9)5-1-3-8(7-10)11-13/h1-6,13H,7H2. The van der Waals surface area contributed by atoms with Gasteiger partial charge in [-0.15, -0.1) is 22.9 Å². The Bertz CT molecular complexity index is 371. The van der Waals surface area contributed by atoms with Gasteiger partial charge in [0.05, 0.1) is 4.87 Å². The fourth-order valence-corrected chi connectivity index (χ4v) is 2.73. The molecule has 1 nitrogen and oxygen atoms in total. The Morgan fingerprint density at radius 2 is 2.43 bits per heavy atom. The first-order valence-electron chi connectivity index (χ1n) is 4.33. The molecule has 0 saturated heterocycles. The van der Waals surface area contributed by atoms with Crippen LogP contribution in [0.3, 0.4) is 0 Å². The molecule has 0 spiro atoms. The van der Waals surface area contributed by atoms with Gasteiger partial charge in [0.1, 0.15) is 0 Å². The summed E-state index contributed by atoms with van der Waals surface area (Å²) in [6, 6.07) is 4.00. The van der Waals surface area contributed by atoms with Crippen LogP contribution in [0, 0.1) is 0 Å². The lowest BCUT2D eigenvalue weighted by Crippen LogP contribution is -2.19.